The topological polar surface area (TPSA) is 34.1 Å². The van der Waals surface area contributed by atoms with Crippen LogP contribution >= 0.6 is 29.8 Å². The lowest BCUT2D eigenvalue weighted by Gasteiger charge is -2.33. The summed E-state index contributed by atoms with van der Waals surface area (Å²) in [5.41, 5.74) is 15.6. The van der Waals surface area contributed by atoms with Crippen LogP contribution in [-0.2, 0) is 20.7 Å². The van der Waals surface area contributed by atoms with Crippen LogP contribution < -0.4 is 10.6 Å². The van der Waals surface area contributed by atoms with Crippen molar-refractivity contribution >= 4 is 70.4 Å². The molecule has 2 unspecified atom stereocenters. The molecule has 78 heavy (non-hydrogen) atoms. The van der Waals surface area contributed by atoms with Crippen LogP contribution in [0.4, 0.5) is 0 Å². The number of benzene rings is 6. The predicted octanol–water partition coefficient (Wildman–Crippen LogP) is 21.7. The molecule has 10 rings (SSSR count). The molecule has 0 N–H and O–H groups in total. The number of sulfone groups is 1. The number of fused-ring (bicyclic) bond motifs is 12. The van der Waals surface area contributed by atoms with Crippen molar-refractivity contribution in [1.29, 1.82) is 0 Å². The maximum Gasteiger partial charge on any atom is 0.207 e. The summed E-state index contributed by atoms with van der Waals surface area (Å²) >= 11 is 1.97. The Labute approximate surface area is 481 Å². The Morgan fingerprint density at radius 1 is 0.359 bits per heavy atom. The Balaban J connectivity index is 0.000000190. The van der Waals surface area contributed by atoms with Gasteiger partial charge in [0.2, 0.25) is 9.84 Å². The standard InChI is InChI=1S/C36H47O2PS.C36H47PS/c1-4-6-8-10-12-14-20-36(21-15-13-11-9-7-5-2)32-23-27(39)17-19-28(32)30-25-35-31(24-33(30)36)29-18-16-26(3)22-34(29)40(35,37)38;1-4-6-8-10-12-14-20-36(21-15-13-11-9-7-5-2)32-23-27(37)17-19-28(32)30-25-35-31(24-33(30)36)29-18-16-26(3)22-34(29)38-35/h16-19,22-25H,4-15,20-21,39H2,1-3H3;16-19,22-25H,4-15,20-21,37H2,1-3H3. The van der Waals surface area contributed by atoms with Crippen molar-refractivity contribution < 1.29 is 8.42 Å². The minimum absolute atomic E-state index is 0.0565. The Kier molecular flexibility index (Phi) is 20.4. The molecular formula is C72H94O2P2S2. The van der Waals surface area contributed by atoms with Crippen LogP contribution in [0, 0.1) is 13.8 Å². The molecule has 416 valence electrons. The van der Waals surface area contributed by atoms with Gasteiger partial charge in [0, 0.05) is 42.1 Å². The summed E-state index contributed by atoms with van der Waals surface area (Å²) < 4.78 is 30.4. The molecule has 0 fully saturated rings. The fraction of sp³-hybridized carbons (Fsp3) is 0.500. The van der Waals surface area contributed by atoms with Gasteiger partial charge in [-0.1, -0.05) is 242 Å². The molecule has 0 saturated heterocycles. The van der Waals surface area contributed by atoms with E-state index in [2.05, 4.69) is 126 Å². The van der Waals surface area contributed by atoms with Gasteiger partial charge in [-0.2, -0.15) is 0 Å². The van der Waals surface area contributed by atoms with E-state index in [9.17, 15) is 8.42 Å². The van der Waals surface area contributed by atoms with Crippen LogP contribution in [0.2, 0.25) is 0 Å². The van der Waals surface area contributed by atoms with Gasteiger partial charge in [0.1, 0.15) is 0 Å². The van der Waals surface area contributed by atoms with E-state index in [0.29, 0.717) is 9.79 Å². The maximum atomic E-state index is 13.7. The second-order valence-corrected chi connectivity index (χ2v) is 28.5. The zero-order valence-electron chi connectivity index (χ0n) is 48.8. The summed E-state index contributed by atoms with van der Waals surface area (Å²) in [4.78, 5) is 0.965. The van der Waals surface area contributed by atoms with Gasteiger partial charge >= 0.3 is 0 Å². The van der Waals surface area contributed by atoms with E-state index in [1.165, 1.54) is 231 Å². The van der Waals surface area contributed by atoms with Gasteiger partial charge < -0.3 is 0 Å². The normalized spacial score (nSPS) is 14.7. The molecule has 0 spiro atoms. The van der Waals surface area contributed by atoms with Crippen molar-refractivity contribution in [1.82, 2.24) is 0 Å². The highest BCUT2D eigenvalue weighted by Gasteiger charge is 2.46. The first-order valence-electron chi connectivity index (χ1n) is 31.2. The first-order valence-corrected chi connectivity index (χ1v) is 34.7. The fourth-order valence-corrected chi connectivity index (χ4v) is 17.7. The summed E-state index contributed by atoms with van der Waals surface area (Å²) in [6.45, 7) is 13.4. The second-order valence-electron chi connectivity index (χ2n) is 24.2. The zero-order valence-corrected chi connectivity index (χ0v) is 52.8. The Morgan fingerprint density at radius 3 is 1.24 bits per heavy atom. The first kappa shape index (κ1) is 59.0. The molecule has 0 saturated carbocycles. The van der Waals surface area contributed by atoms with E-state index in [0.717, 1.165) is 35.1 Å². The number of aryl methyl sites for hydroxylation is 2. The van der Waals surface area contributed by atoms with Crippen LogP contribution in [0.3, 0.4) is 0 Å². The van der Waals surface area contributed by atoms with Crippen molar-refractivity contribution in [3.05, 3.63) is 130 Å². The van der Waals surface area contributed by atoms with E-state index < -0.39 is 9.84 Å². The lowest BCUT2D eigenvalue weighted by molar-refractivity contribution is 0.398. The molecule has 3 aliphatic rings. The van der Waals surface area contributed by atoms with Crippen LogP contribution in [0.1, 0.15) is 241 Å². The maximum absolute atomic E-state index is 13.7. The second kappa shape index (κ2) is 27.0. The molecule has 2 nitrogen and oxygen atoms in total. The van der Waals surface area contributed by atoms with Gasteiger partial charge in [0.25, 0.3) is 0 Å². The van der Waals surface area contributed by atoms with E-state index in [1.54, 1.807) is 11.1 Å². The number of hydrogen-bond donors (Lipinski definition) is 0. The van der Waals surface area contributed by atoms with E-state index in [-0.39, 0.29) is 10.8 Å². The van der Waals surface area contributed by atoms with Crippen LogP contribution in [0.15, 0.2) is 107 Å². The quantitative estimate of drug-likeness (QED) is 0.0362. The van der Waals surface area contributed by atoms with Crippen LogP contribution in [0.25, 0.3) is 53.6 Å². The van der Waals surface area contributed by atoms with Gasteiger partial charge in [-0.3, -0.25) is 0 Å². The minimum atomic E-state index is -3.52. The van der Waals surface area contributed by atoms with Gasteiger partial charge in [-0.15, -0.1) is 29.8 Å². The molecule has 1 aliphatic heterocycles. The molecule has 2 atom stereocenters. The zero-order chi connectivity index (χ0) is 54.9. The number of hydrogen-bond acceptors (Lipinski definition) is 3. The average Bonchev–Trinajstić information content (AvgIpc) is 4.27. The number of thiophene rings is 1. The molecule has 2 heterocycles. The molecule has 7 aromatic rings. The SMILES string of the molecule is CCCCCCCCC1(CCCCCCCC)c2cc(P)ccc2-c2cc3c(cc21)-c1ccc(C)cc1S3(=O)=O.CCCCCCCCC1(CCCCCCCC)c2cc(P)ccc2-c2cc3sc4cc(C)ccc4c3cc21. The van der Waals surface area contributed by atoms with Gasteiger partial charge in [0.05, 0.1) is 9.79 Å². The first-order chi connectivity index (χ1) is 37.9. The molecule has 0 bridgehead atoms. The lowest BCUT2D eigenvalue weighted by atomic mass is 9.70. The lowest BCUT2D eigenvalue weighted by Crippen LogP contribution is -2.26. The monoisotopic (exact) mass is 1120 g/mol. The van der Waals surface area contributed by atoms with Crippen LogP contribution in [0.5, 0.6) is 0 Å². The molecular weight excluding hydrogens is 1020 g/mol. The molecule has 0 amide bonds. The summed E-state index contributed by atoms with van der Waals surface area (Å²) in [7, 11) is 2.37. The van der Waals surface area contributed by atoms with Gasteiger partial charge in [0.15, 0.2) is 0 Å². The fourth-order valence-electron chi connectivity index (χ4n) is 14.2. The molecule has 6 heteroatoms. The number of rotatable bonds is 28. The van der Waals surface area contributed by atoms with Gasteiger partial charge in [-0.25, -0.2) is 8.42 Å². The Hall–Kier alpha value is -3.65. The molecule has 1 aromatic heterocycles. The van der Waals surface area contributed by atoms with Crippen molar-refractivity contribution in [3.63, 3.8) is 0 Å². The predicted molar refractivity (Wildman–Crippen MR) is 349 cm³/mol. The highest BCUT2D eigenvalue weighted by Crippen LogP contribution is 2.59. The molecule has 6 aromatic carbocycles. The average molecular weight is 1120 g/mol. The number of unbranched alkanes of at least 4 members (excludes halogenated alkanes) is 20. The van der Waals surface area contributed by atoms with Gasteiger partial charge in [-0.05, 0) is 142 Å². The van der Waals surface area contributed by atoms with Crippen LogP contribution in [-0.4, -0.2) is 8.42 Å². The van der Waals surface area contributed by atoms with E-state index in [1.807, 2.05) is 42.5 Å². The third-order valence-electron chi connectivity index (χ3n) is 18.5. The highest BCUT2D eigenvalue weighted by molar-refractivity contribution is 7.92. The minimum Gasteiger partial charge on any atom is -0.218 e. The highest BCUT2D eigenvalue weighted by atomic mass is 32.2. The van der Waals surface area contributed by atoms with E-state index in [4.69, 9.17) is 0 Å². The summed E-state index contributed by atoms with van der Waals surface area (Å²) in [6.07, 6.45) is 36.6. The Bertz CT molecular complexity index is 3260. The van der Waals surface area contributed by atoms with Crippen molar-refractivity contribution in [2.45, 2.75) is 242 Å². The third-order valence-corrected chi connectivity index (χ3v) is 22.1. The summed E-state index contributed by atoms with van der Waals surface area (Å²) in [5, 5.41) is 5.45. The molecule has 2 aliphatic carbocycles. The Morgan fingerprint density at radius 2 is 0.744 bits per heavy atom. The summed E-state index contributed by atoms with van der Waals surface area (Å²) in [6, 6.07) is 36.5. The van der Waals surface area contributed by atoms with Crippen molar-refractivity contribution in [2.24, 2.45) is 0 Å². The largest absolute Gasteiger partial charge is 0.218 e. The molecule has 0 radical (unpaired) electrons. The smallest absolute Gasteiger partial charge is 0.207 e. The third kappa shape index (κ3) is 12.4. The van der Waals surface area contributed by atoms with Crippen molar-refractivity contribution in [3.8, 4) is 33.4 Å². The van der Waals surface area contributed by atoms with E-state index >= 15 is 0 Å². The van der Waals surface area contributed by atoms with Crippen molar-refractivity contribution in [2.75, 3.05) is 0 Å². The summed E-state index contributed by atoms with van der Waals surface area (Å²) in [5.74, 6) is 0.